The van der Waals surface area contributed by atoms with Crippen LogP contribution >= 0.6 is 208 Å². The third-order valence-electron chi connectivity index (χ3n) is 23.5. The number of para-hydroxylation sites is 8. The Labute approximate surface area is 701 Å². The van der Waals surface area contributed by atoms with Crippen LogP contribution in [0.2, 0.25) is 5.02 Å². The number of nitrogens with zero attached hydrogens (tertiary/aromatic N) is 5. The van der Waals surface area contributed by atoms with E-state index in [0.717, 1.165) is 16.4 Å². The van der Waals surface area contributed by atoms with Crippen LogP contribution in [0, 0.1) is 0 Å². The first kappa shape index (κ1) is 75.3. The molecule has 0 amide bonds. The average Bonchev–Trinajstić information content (AvgIpc) is 1.48. The van der Waals surface area contributed by atoms with E-state index >= 15 is 0 Å². The van der Waals surface area contributed by atoms with Gasteiger partial charge in [-0.15, -0.1) is 0 Å². The Morgan fingerprint density at radius 3 is 1.29 bits per heavy atom. The third-order valence-corrected chi connectivity index (χ3v) is 932. The number of halogens is 16. The van der Waals surface area contributed by atoms with Crippen LogP contribution in [-0.2, 0) is 10.8 Å². The van der Waals surface area contributed by atoms with E-state index in [1.54, 1.807) is 5.56 Å². The summed E-state index contributed by atoms with van der Waals surface area (Å²) in [6.07, 6.45) is 10.0. The number of hydrogen-bond acceptors (Lipinski definition) is 3. The molecular weight excluding hydrogens is 2960 g/mol. The molecule has 6 aliphatic heterocycles. The van der Waals surface area contributed by atoms with Crippen molar-refractivity contribution in [3.05, 3.63) is 222 Å². The molecule has 2 saturated carbocycles. The number of benzene rings is 10. The van der Waals surface area contributed by atoms with Gasteiger partial charge in [-0.3, -0.25) is 0 Å². The van der Waals surface area contributed by atoms with Gasteiger partial charge in [0.1, 0.15) is 0 Å². The molecule has 8 heterocycles. The normalized spacial score (nSPS) is 21.7. The first-order valence-electron chi connectivity index (χ1n) is 33.0. The molecule has 0 N–H and O–H groups in total. The van der Waals surface area contributed by atoms with Gasteiger partial charge in [0.2, 0.25) is 0 Å². The SMILES string of the molecule is C.CC12CCCCC1(C)N1c3cc(Cl)cc4c3B(c3cccc2c31)c1cccc2c3ccccc3n-4c12.CC12CCCCC1(C)N1c3cc(N(c4ccccc4)c4ccccc4)cc4c3B(c3cccc2c31)c1cccc2c3ccccc3n-4c12.I[I-]I(I)I(I)I(I)I(I)I(I)I(I)I. The molecule has 10 aromatic carbocycles. The Balaban J connectivity index is 0.000000127. The van der Waals surface area contributed by atoms with E-state index in [4.69, 9.17) is 11.6 Å². The predicted molar refractivity (Wildman–Crippen MR) is 559 cm³/mol. The van der Waals surface area contributed by atoms with Crippen molar-refractivity contribution in [2.75, 3.05) is 14.7 Å². The Morgan fingerprint density at radius 1 is 0.420 bits per heavy atom. The molecule has 0 bridgehead atoms. The summed E-state index contributed by atoms with van der Waals surface area (Å²) in [6, 6.07) is 77.5. The minimum absolute atomic E-state index is 0. The van der Waals surface area contributed by atoms with Crippen LogP contribution in [0.4, 0.5) is 39.8 Å². The molecular formula is C77H66B2ClI15N5-. The van der Waals surface area contributed by atoms with Gasteiger partial charge in [-0.05, 0) is 144 Å². The maximum atomic E-state index is 6.99. The van der Waals surface area contributed by atoms with Crippen molar-refractivity contribution in [2.45, 2.75) is 108 Å². The third kappa shape index (κ3) is 11.5. The fourth-order valence-corrected chi connectivity index (χ4v) is 1910. The van der Waals surface area contributed by atoms with E-state index in [2.05, 4.69) is 407 Å². The molecule has 12 aromatic rings. The van der Waals surface area contributed by atoms with Crippen molar-refractivity contribution in [1.29, 1.82) is 0 Å². The van der Waals surface area contributed by atoms with Gasteiger partial charge in [-0.1, -0.05) is 204 Å². The second-order valence-corrected chi connectivity index (χ2v) is 337. The molecule has 2 fully saturated rings. The first-order valence-corrected chi connectivity index (χ1v) is 121. The summed E-state index contributed by atoms with van der Waals surface area (Å²) < 4.78 is 5.09. The summed E-state index contributed by atoms with van der Waals surface area (Å²) in [6.45, 7) is 10.6. The summed E-state index contributed by atoms with van der Waals surface area (Å²) in [4.78, 5) is 8.02. The summed E-state index contributed by atoms with van der Waals surface area (Å²) in [5, 5.41) is 6.12. The standard InChI is InChI=1S/C44H36BN3.C32H26BClN2.CH4.I15/c1-43-25-11-12-26-44(43,2)48-39-28-31(46(29-15-5-3-6-16-29)30-17-7-4-8-18-30)27-38-40(39)45(36-23-14-21-34(43)42(36)48)35-22-13-20-33-32-19-9-10-24-37(32)47(38)41(33)35;1-31-15-5-6-16-32(31,2)36-27-18-19(34)17-26-28(27)33(24-13-8-11-22(31)30(24)36)23-12-7-10-21-20-9-3-4-14-25(20)35(26)29(21)23;;1-9-11(4)13(6)15(8)14(7)12(5)10(2)3/h3-10,13-24,27-28H,11-12,25-26H2,1-2H3;3-4,7-14,17-18H,5-6,15-16H2,1-2H3;1H4;/q;;;-1. The molecule has 518 valence electrons. The quantitative estimate of drug-likeness (QED) is 0.106. The van der Waals surface area contributed by atoms with Crippen molar-refractivity contribution in [1.82, 2.24) is 9.13 Å². The fraction of sp³-hybridized carbons (Fsp3) is 0.221. The summed E-state index contributed by atoms with van der Waals surface area (Å²) in [7, 11) is -2.01. The Morgan fingerprint density at radius 2 is 0.810 bits per heavy atom. The van der Waals surface area contributed by atoms with Crippen molar-refractivity contribution < 1.29 is 13.3 Å². The Bertz CT molecular complexity index is 5280. The second-order valence-electron chi connectivity index (χ2n) is 27.6. The molecule has 8 aliphatic rings. The van der Waals surface area contributed by atoms with Gasteiger partial charge >= 0.3 is 210 Å². The molecule has 5 nitrogen and oxygen atoms in total. The first-order chi connectivity index (χ1) is 47.9. The zero-order chi connectivity index (χ0) is 67.9. The molecule has 0 spiro atoms. The van der Waals surface area contributed by atoms with Crippen molar-refractivity contribution >= 4 is 338 Å². The molecule has 2 aliphatic carbocycles. The summed E-state index contributed by atoms with van der Waals surface area (Å²) >= 11 is 31.3. The fourth-order valence-electron chi connectivity index (χ4n) is 19.2. The molecule has 0 radical (unpaired) electrons. The van der Waals surface area contributed by atoms with Crippen molar-refractivity contribution in [2.24, 2.45) is 0 Å². The van der Waals surface area contributed by atoms with Gasteiger partial charge in [0.05, 0.1) is 27.8 Å². The molecule has 100 heavy (non-hydrogen) atoms. The molecule has 23 heteroatoms. The van der Waals surface area contributed by atoms with Gasteiger partial charge in [0.25, 0.3) is 13.4 Å². The van der Waals surface area contributed by atoms with Crippen LogP contribution in [0.25, 0.3) is 55.0 Å². The monoisotopic (exact) mass is 3020 g/mol. The van der Waals surface area contributed by atoms with E-state index in [-0.39, 0.29) is 82.2 Å². The average molecular weight is 3020 g/mol. The molecule has 4 unspecified atom stereocenters. The van der Waals surface area contributed by atoms with Crippen molar-refractivity contribution in [3.8, 4) is 11.4 Å². The van der Waals surface area contributed by atoms with Gasteiger partial charge in [0, 0.05) is 93.9 Å². The number of aromatic nitrogens is 2. The zero-order valence-corrected chi connectivity index (χ0v) is 86.8. The summed E-state index contributed by atoms with van der Waals surface area (Å²) in [5.41, 5.74) is 28.9. The van der Waals surface area contributed by atoms with Crippen LogP contribution in [0.3, 0.4) is 0 Å². The van der Waals surface area contributed by atoms with E-state index in [1.165, 1.54) is 173 Å². The van der Waals surface area contributed by atoms with Gasteiger partial charge in [-0.25, -0.2) is 0 Å². The minimum atomic E-state index is -0.399. The van der Waals surface area contributed by atoms with Crippen LogP contribution in [0.15, 0.2) is 206 Å². The maximum absolute atomic E-state index is 6.99. The van der Waals surface area contributed by atoms with Crippen LogP contribution in [-0.4, -0.2) is 33.6 Å². The predicted octanol–water partition coefficient (Wildman–Crippen LogP) is 25.5. The van der Waals surface area contributed by atoms with Crippen molar-refractivity contribution in [3.63, 3.8) is 0 Å². The van der Waals surface area contributed by atoms with E-state index in [0.29, 0.717) is 13.3 Å². The molecule has 0 saturated heterocycles. The molecule has 4 atom stereocenters. The molecule has 20 rings (SSSR count). The molecule has 2 aromatic heterocycles. The van der Waals surface area contributed by atoms with E-state index < -0.39 is 7.89 Å². The van der Waals surface area contributed by atoms with E-state index in [9.17, 15) is 0 Å². The Kier molecular flexibility index (Phi) is 22.2. The van der Waals surface area contributed by atoms with Crippen LogP contribution in [0.5, 0.6) is 0 Å². The zero-order valence-electron chi connectivity index (χ0n) is 53.7. The Hall–Kier alpha value is 2.57. The summed E-state index contributed by atoms with van der Waals surface area (Å²) in [5.74, 6) is 0. The number of rotatable bonds is 9. The number of hydrogen-bond donors (Lipinski definition) is 0. The number of fused-ring (bicyclic) bond motifs is 20. The second kappa shape index (κ2) is 29.5. The van der Waals surface area contributed by atoms with Gasteiger partial charge in [-0.2, -0.15) is 0 Å². The topological polar surface area (TPSA) is 19.6 Å². The van der Waals surface area contributed by atoms with Crippen LogP contribution in [0.1, 0.15) is 97.6 Å². The number of anilines is 7. The van der Waals surface area contributed by atoms with Crippen LogP contribution < -0.4 is 60.7 Å². The van der Waals surface area contributed by atoms with Gasteiger partial charge in [0.15, 0.2) is 0 Å². The van der Waals surface area contributed by atoms with Gasteiger partial charge < -0.3 is 23.8 Å². The van der Waals surface area contributed by atoms with E-state index in [1.807, 2.05) is 0 Å².